The van der Waals surface area contributed by atoms with Crippen LogP contribution in [0.5, 0.6) is 0 Å². The van der Waals surface area contributed by atoms with E-state index in [0.717, 1.165) is 0 Å². The molecule has 0 saturated heterocycles. The van der Waals surface area contributed by atoms with Crippen molar-refractivity contribution in [2.45, 2.75) is 5.92 Å². The molecule has 0 aliphatic rings. The van der Waals surface area contributed by atoms with Gasteiger partial charge in [-0.3, -0.25) is 0 Å². The minimum absolute atomic E-state index is 0.178. The molecule has 4 aromatic carbocycles. The molecule has 0 aliphatic heterocycles. The Labute approximate surface area is 210 Å². The fourth-order valence-electron chi connectivity index (χ4n) is 4.23. The first-order valence-electron chi connectivity index (χ1n) is 12.1. The quantitative estimate of drug-likeness (QED) is 0.250. The average molecular weight is 459 g/mol. The van der Waals surface area contributed by atoms with E-state index in [1.165, 1.54) is 39.2 Å². The van der Waals surface area contributed by atoms with Gasteiger partial charge in [0.15, 0.2) is 0 Å². The summed E-state index contributed by atoms with van der Waals surface area (Å²) in [5, 5.41) is 0. The third kappa shape index (κ3) is 6.10. The molecule has 1 atom stereocenters. The number of allylic oxidation sites excluding steroid dienone is 3. The maximum Gasteiger partial charge on any atom is 0.0361 e. The van der Waals surface area contributed by atoms with Crippen LogP contribution < -0.4 is 9.80 Å². The number of anilines is 2. The molecular formula is C33H34N2. The molecule has 0 bridgehead atoms. The highest BCUT2D eigenvalue weighted by atomic mass is 15.1. The van der Waals surface area contributed by atoms with Gasteiger partial charge in [-0.1, -0.05) is 103 Å². The summed E-state index contributed by atoms with van der Waals surface area (Å²) in [6.45, 7) is 0. The summed E-state index contributed by atoms with van der Waals surface area (Å²) >= 11 is 0. The van der Waals surface area contributed by atoms with Crippen molar-refractivity contribution in [1.29, 1.82) is 0 Å². The van der Waals surface area contributed by atoms with E-state index < -0.39 is 0 Å². The van der Waals surface area contributed by atoms with Crippen molar-refractivity contribution in [3.63, 3.8) is 0 Å². The maximum absolute atomic E-state index is 2.30. The van der Waals surface area contributed by atoms with Crippen LogP contribution >= 0.6 is 0 Å². The molecule has 0 radical (unpaired) electrons. The lowest BCUT2D eigenvalue weighted by Gasteiger charge is -2.17. The Kier molecular flexibility index (Phi) is 7.84. The predicted molar refractivity (Wildman–Crippen MR) is 152 cm³/mol. The molecule has 2 heteroatoms. The van der Waals surface area contributed by atoms with Gasteiger partial charge in [0.1, 0.15) is 0 Å². The lowest BCUT2D eigenvalue weighted by atomic mass is 9.90. The first-order valence-corrected chi connectivity index (χ1v) is 12.1. The van der Waals surface area contributed by atoms with E-state index >= 15 is 0 Å². The van der Waals surface area contributed by atoms with Crippen molar-refractivity contribution in [3.8, 4) is 0 Å². The summed E-state index contributed by atoms with van der Waals surface area (Å²) in [6, 6.07) is 38.9. The van der Waals surface area contributed by atoms with E-state index in [2.05, 4.69) is 165 Å². The third-order valence-corrected chi connectivity index (χ3v) is 6.27. The Balaban J connectivity index is 1.72. The molecule has 4 rings (SSSR count). The van der Waals surface area contributed by atoms with E-state index in [4.69, 9.17) is 0 Å². The second kappa shape index (κ2) is 11.4. The molecule has 176 valence electrons. The maximum atomic E-state index is 2.30. The van der Waals surface area contributed by atoms with Gasteiger partial charge in [0.05, 0.1) is 0 Å². The molecule has 0 spiro atoms. The van der Waals surface area contributed by atoms with E-state index in [1.54, 1.807) is 0 Å². The Morgan fingerprint density at radius 2 is 1.00 bits per heavy atom. The van der Waals surface area contributed by atoms with Crippen molar-refractivity contribution in [2.24, 2.45) is 0 Å². The van der Waals surface area contributed by atoms with Crippen LogP contribution in [0.1, 0.15) is 28.2 Å². The normalized spacial score (nSPS) is 12.5. The largest absolute Gasteiger partial charge is 0.378 e. The van der Waals surface area contributed by atoms with Crippen LogP contribution in [0, 0.1) is 0 Å². The Morgan fingerprint density at radius 3 is 1.54 bits per heavy atom. The van der Waals surface area contributed by atoms with Crippen LogP contribution in [0.15, 0.2) is 127 Å². The van der Waals surface area contributed by atoms with Gasteiger partial charge in [-0.15, -0.1) is 0 Å². The lowest BCUT2D eigenvalue weighted by Crippen LogP contribution is -2.08. The van der Waals surface area contributed by atoms with E-state index in [-0.39, 0.29) is 5.92 Å². The molecule has 0 fully saturated rings. The smallest absolute Gasteiger partial charge is 0.0361 e. The molecule has 1 unspecified atom stereocenters. The Bertz CT molecular complexity index is 1250. The topological polar surface area (TPSA) is 6.48 Å². The minimum atomic E-state index is 0.178. The summed E-state index contributed by atoms with van der Waals surface area (Å²) in [5.41, 5.74) is 8.59. The number of hydrogen-bond acceptors (Lipinski definition) is 2. The Morgan fingerprint density at radius 1 is 0.543 bits per heavy atom. The Hall–Kier alpha value is -4.04. The van der Waals surface area contributed by atoms with E-state index in [0.29, 0.717) is 0 Å². The lowest BCUT2D eigenvalue weighted by molar-refractivity contribution is 1.02. The van der Waals surface area contributed by atoms with Crippen molar-refractivity contribution < 1.29 is 0 Å². The van der Waals surface area contributed by atoms with Crippen LogP contribution in [0.4, 0.5) is 11.4 Å². The third-order valence-electron chi connectivity index (χ3n) is 6.27. The van der Waals surface area contributed by atoms with Crippen molar-refractivity contribution >= 4 is 16.9 Å². The highest BCUT2D eigenvalue weighted by molar-refractivity contribution is 5.81. The van der Waals surface area contributed by atoms with Gasteiger partial charge in [0.2, 0.25) is 0 Å². The first-order chi connectivity index (χ1) is 17.0. The molecule has 0 amide bonds. The predicted octanol–water partition coefficient (Wildman–Crippen LogP) is 7.64. The fraction of sp³-hybridized carbons (Fsp3) is 0.152. The van der Waals surface area contributed by atoms with Gasteiger partial charge in [-0.05, 0) is 52.1 Å². The molecule has 0 N–H and O–H groups in total. The van der Waals surface area contributed by atoms with E-state index in [9.17, 15) is 0 Å². The molecule has 2 nitrogen and oxygen atoms in total. The number of rotatable bonds is 8. The van der Waals surface area contributed by atoms with Crippen molar-refractivity contribution in [3.05, 3.63) is 150 Å². The van der Waals surface area contributed by atoms with Gasteiger partial charge in [-0.25, -0.2) is 0 Å². The monoisotopic (exact) mass is 458 g/mol. The standard InChI is InChI=1S/C33H34N2/c1-34(2)30-22-18-28(19-23-30)32(26-12-7-5-8-13-26)16-11-17-33(27-14-9-6-10-15-27)29-20-24-31(25-21-29)35(3)4/h5-25,32H,1-4H3. The summed E-state index contributed by atoms with van der Waals surface area (Å²) in [5.74, 6) is 0.178. The molecular weight excluding hydrogens is 424 g/mol. The van der Waals surface area contributed by atoms with Crippen molar-refractivity contribution in [2.75, 3.05) is 38.0 Å². The second-order valence-corrected chi connectivity index (χ2v) is 9.15. The number of nitrogens with zero attached hydrogens (tertiary/aromatic N) is 2. The summed E-state index contributed by atoms with van der Waals surface area (Å²) in [6.07, 6.45) is 6.75. The van der Waals surface area contributed by atoms with Crippen molar-refractivity contribution in [1.82, 2.24) is 0 Å². The summed E-state index contributed by atoms with van der Waals surface area (Å²) < 4.78 is 0. The zero-order valence-corrected chi connectivity index (χ0v) is 21.1. The summed E-state index contributed by atoms with van der Waals surface area (Å²) in [4.78, 5) is 4.26. The zero-order valence-electron chi connectivity index (χ0n) is 21.1. The van der Waals surface area contributed by atoms with Gasteiger partial charge in [0, 0.05) is 45.5 Å². The van der Waals surface area contributed by atoms with Gasteiger partial charge in [0.25, 0.3) is 0 Å². The molecule has 0 heterocycles. The minimum Gasteiger partial charge on any atom is -0.378 e. The van der Waals surface area contributed by atoms with E-state index in [1.807, 2.05) is 0 Å². The average Bonchev–Trinajstić information content (AvgIpc) is 2.90. The second-order valence-electron chi connectivity index (χ2n) is 9.15. The first kappa shape index (κ1) is 24.1. The van der Waals surface area contributed by atoms with Crippen LogP contribution in [0.25, 0.3) is 5.57 Å². The van der Waals surface area contributed by atoms with Crippen LogP contribution in [0.2, 0.25) is 0 Å². The highest BCUT2D eigenvalue weighted by Crippen LogP contribution is 2.29. The van der Waals surface area contributed by atoms with Gasteiger partial charge in [-0.2, -0.15) is 0 Å². The van der Waals surface area contributed by atoms with Crippen LogP contribution in [-0.4, -0.2) is 28.2 Å². The number of benzene rings is 4. The fourth-order valence-corrected chi connectivity index (χ4v) is 4.23. The van der Waals surface area contributed by atoms with Crippen LogP contribution in [-0.2, 0) is 0 Å². The van der Waals surface area contributed by atoms with Crippen LogP contribution in [0.3, 0.4) is 0 Å². The molecule has 4 aromatic rings. The zero-order chi connectivity index (χ0) is 24.6. The summed E-state index contributed by atoms with van der Waals surface area (Å²) in [7, 11) is 8.29. The molecule has 0 aromatic heterocycles. The molecule has 35 heavy (non-hydrogen) atoms. The van der Waals surface area contributed by atoms with Gasteiger partial charge < -0.3 is 9.80 Å². The molecule has 0 aliphatic carbocycles. The number of hydrogen-bond donors (Lipinski definition) is 0. The van der Waals surface area contributed by atoms with Gasteiger partial charge >= 0.3 is 0 Å². The molecule has 0 saturated carbocycles. The highest BCUT2D eigenvalue weighted by Gasteiger charge is 2.11. The SMILES string of the molecule is CN(C)c1ccc(C(=CC=CC(c2ccccc2)c2ccc(N(C)C)cc2)c2ccccc2)cc1.